The van der Waals surface area contributed by atoms with E-state index in [0.717, 1.165) is 22.1 Å². The van der Waals surface area contributed by atoms with E-state index in [0.29, 0.717) is 0 Å². The molecule has 4 aromatic carbocycles. The monoisotopic (exact) mass is 322 g/mol. The molecule has 1 heteroatoms. The van der Waals surface area contributed by atoms with Crippen molar-refractivity contribution in [2.24, 2.45) is 0 Å². The third kappa shape index (κ3) is 2.13. The van der Waals surface area contributed by atoms with Crippen LogP contribution in [0.3, 0.4) is 0 Å². The Morgan fingerprint density at radius 1 is 0.600 bits per heavy atom. The van der Waals surface area contributed by atoms with Crippen molar-refractivity contribution in [3.8, 4) is 0 Å². The molecule has 25 heavy (non-hydrogen) atoms. The van der Waals surface area contributed by atoms with E-state index in [-0.39, 0.29) is 5.92 Å². The van der Waals surface area contributed by atoms with Crippen LogP contribution >= 0.6 is 0 Å². The fourth-order valence-electron chi connectivity index (χ4n) is 4.15. The van der Waals surface area contributed by atoms with Gasteiger partial charge in [-0.25, -0.2) is 0 Å². The first kappa shape index (κ1) is 14.4. The number of rotatable bonds is 1. The van der Waals surface area contributed by atoms with Gasteiger partial charge < -0.3 is 5.11 Å². The van der Waals surface area contributed by atoms with E-state index in [1.165, 1.54) is 16.2 Å². The number of aliphatic hydroxyl groups excluding tert-OH is 1. The molecule has 4 aromatic rings. The average Bonchev–Trinajstić information content (AvgIpc) is 2.69. The van der Waals surface area contributed by atoms with Crippen molar-refractivity contribution < 1.29 is 5.11 Å². The van der Waals surface area contributed by atoms with Gasteiger partial charge in [0.15, 0.2) is 0 Å². The number of aliphatic hydroxyl groups is 1. The second kappa shape index (κ2) is 5.58. The van der Waals surface area contributed by atoms with Gasteiger partial charge in [0.2, 0.25) is 0 Å². The number of hydrogen-bond donors (Lipinski definition) is 1. The fraction of sp³-hybridized carbons (Fsp3) is 0.0833. The third-order valence-corrected chi connectivity index (χ3v) is 5.31. The van der Waals surface area contributed by atoms with Crippen molar-refractivity contribution in [3.05, 3.63) is 102 Å². The van der Waals surface area contributed by atoms with E-state index in [4.69, 9.17) is 0 Å². The van der Waals surface area contributed by atoms with Crippen molar-refractivity contribution in [1.82, 2.24) is 0 Å². The molecule has 0 radical (unpaired) electrons. The highest BCUT2D eigenvalue weighted by Crippen LogP contribution is 2.45. The van der Waals surface area contributed by atoms with Crippen LogP contribution in [0.2, 0.25) is 0 Å². The molecule has 2 atom stereocenters. The van der Waals surface area contributed by atoms with E-state index in [1.54, 1.807) is 0 Å². The highest BCUT2D eigenvalue weighted by atomic mass is 16.3. The van der Waals surface area contributed by atoms with E-state index in [2.05, 4.69) is 72.8 Å². The summed E-state index contributed by atoms with van der Waals surface area (Å²) in [6, 6.07) is 27.1. The standard InChI is InChI=1S/C24H18O/c25-24-17(16-8-2-1-3-9-16)14-15-22-20-12-5-4-10-18(20)19-11-6-7-13-21(19)23(22)24/h1-15,17,24-25H/t17-,24-/m0/s1. The highest BCUT2D eigenvalue weighted by Gasteiger charge is 2.28. The van der Waals surface area contributed by atoms with Crippen LogP contribution in [0.15, 0.2) is 84.9 Å². The molecular formula is C24H18O. The Morgan fingerprint density at radius 3 is 1.88 bits per heavy atom. The first-order chi connectivity index (χ1) is 12.3. The molecule has 5 rings (SSSR count). The Balaban J connectivity index is 1.85. The van der Waals surface area contributed by atoms with Crippen LogP contribution in [0.1, 0.15) is 28.7 Å². The Labute approximate surface area is 146 Å². The Bertz CT molecular complexity index is 1110. The van der Waals surface area contributed by atoms with Gasteiger partial charge in [0.1, 0.15) is 0 Å². The van der Waals surface area contributed by atoms with Crippen LogP contribution in [0.5, 0.6) is 0 Å². The molecular weight excluding hydrogens is 304 g/mol. The molecule has 0 spiro atoms. The number of fused-ring (bicyclic) bond motifs is 6. The summed E-state index contributed by atoms with van der Waals surface area (Å²) in [5.41, 5.74) is 3.34. The third-order valence-electron chi connectivity index (χ3n) is 5.31. The Kier molecular flexibility index (Phi) is 3.22. The van der Waals surface area contributed by atoms with Crippen molar-refractivity contribution in [2.75, 3.05) is 0 Å². The van der Waals surface area contributed by atoms with Gasteiger partial charge in [0.05, 0.1) is 6.10 Å². The van der Waals surface area contributed by atoms with Gasteiger partial charge in [-0.15, -0.1) is 0 Å². The minimum Gasteiger partial charge on any atom is -0.387 e. The summed E-state index contributed by atoms with van der Waals surface area (Å²) in [7, 11) is 0. The van der Waals surface area contributed by atoms with Gasteiger partial charge in [0, 0.05) is 5.92 Å². The fourth-order valence-corrected chi connectivity index (χ4v) is 4.15. The SMILES string of the molecule is O[C@@H]1c2c(c3ccccc3c3ccccc23)C=C[C@H]1c1ccccc1. The molecule has 0 aromatic heterocycles. The second-order valence-corrected chi connectivity index (χ2v) is 6.66. The highest BCUT2D eigenvalue weighted by molar-refractivity contribution is 6.13. The maximum atomic E-state index is 11.3. The molecule has 0 fully saturated rings. The lowest BCUT2D eigenvalue weighted by Crippen LogP contribution is -2.14. The summed E-state index contributed by atoms with van der Waals surface area (Å²) >= 11 is 0. The molecule has 0 unspecified atom stereocenters. The minimum atomic E-state index is -0.545. The topological polar surface area (TPSA) is 20.2 Å². The van der Waals surface area contributed by atoms with E-state index < -0.39 is 6.10 Å². The quantitative estimate of drug-likeness (QED) is 0.437. The summed E-state index contributed by atoms with van der Waals surface area (Å²) in [6.45, 7) is 0. The Hall–Kier alpha value is -2.90. The average molecular weight is 322 g/mol. The smallest absolute Gasteiger partial charge is 0.0905 e. The van der Waals surface area contributed by atoms with Gasteiger partial charge in [-0.2, -0.15) is 0 Å². The molecule has 1 aliphatic rings. The summed E-state index contributed by atoms with van der Waals surface area (Å²) in [4.78, 5) is 0. The molecule has 0 aliphatic heterocycles. The summed E-state index contributed by atoms with van der Waals surface area (Å²) in [5, 5.41) is 16.1. The van der Waals surface area contributed by atoms with Crippen LogP contribution in [0.25, 0.3) is 27.6 Å². The van der Waals surface area contributed by atoms with Crippen molar-refractivity contribution in [3.63, 3.8) is 0 Å². The maximum absolute atomic E-state index is 11.3. The molecule has 0 heterocycles. The molecule has 1 N–H and O–H groups in total. The van der Waals surface area contributed by atoms with Crippen LogP contribution in [0.4, 0.5) is 0 Å². The molecule has 0 saturated carbocycles. The summed E-state index contributed by atoms with van der Waals surface area (Å²) in [6.07, 6.45) is 3.79. The van der Waals surface area contributed by atoms with Crippen molar-refractivity contribution in [2.45, 2.75) is 12.0 Å². The predicted molar refractivity (Wildman–Crippen MR) is 105 cm³/mol. The lowest BCUT2D eigenvalue weighted by Gasteiger charge is -2.29. The van der Waals surface area contributed by atoms with Crippen molar-refractivity contribution in [1.29, 1.82) is 0 Å². The molecule has 1 nitrogen and oxygen atoms in total. The minimum absolute atomic E-state index is 0.0155. The van der Waals surface area contributed by atoms with Gasteiger partial charge in [-0.1, -0.05) is 91.0 Å². The van der Waals surface area contributed by atoms with E-state index >= 15 is 0 Å². The Morgan fingerprint density at radius 2 is 1.16 bits per heavy atom. The first-order valence-electron chi connectivity index (χ1n) is 8.69. The zero-order valence-corrected chi connectivity index (χ0v) is 13.8. The zero-order valence-electron chi connectivity index (χ0n) is 13.8. The van der Waals surface area contributed by atoms with Gasteiger partial charge in [-0.3, -0.25) is 0 Å². The molecule has 120 valence electrons. The maximum Gasteiger partial charge on any atom is 0.0905 e. The van der Waals surface area contributed by atoms with Gasteiger partial charge in [-0.05, 0) is 38.2 Å². The number of benzene rings is 4. The van der Waals surface area contributed by atoms with Gasteiger partial charge >= 0.3 is 0 Å². The van der Waals surface area contributed by atoms with Gasteiger partial charge in [0.25, 0.3) is 0 Å². The lowest BCUT2D eigenvalue weighted by atomic mass is 9.78. The predicted octanol–water partition coefficient (Wildman–Crippen LogP) is 5.84. The second-order valence-electron chi connectivity index (χ2n) is 6.66. The van der Waals surface area contributed by atoms with Crippen LogP contribution in [0, 0.1) is 0 Å². The van der Waals surface area contributed by atoms with Crippen molar-refractivity contribution >= 4 is 27.6 Å². The molecule has 0 bridgehead atoms. The molecule has 1 aliphatic carbocycles. The van der Waals surface area contributed by atoms with E-state index in [1.807, 2.05) is 18.2 Å². The largest absolute Gasteiger partial charge is 0.387 e. The molecule has 0 amide bonds. The van der Waals surface area contributed by atoms with Crippen LogP contribution in [-0.2, 0) is 0 Å². The molecule has 0 saturated heterocycles. The summed E-state index contributed by atoms with van der Waals surface area (Å²) in [5.74, 6) is -0.0155. The van der Waals surface area contributed by atoms with Crippen LogP contribution < -0.4 is 0 Å². The number of hydrogen-bond acceptors (Lipinski definition) is 1. The lowest BCUT2D eigenvalue weighted by molar-refractivity contribution is 0.162. The van der Waals surface area contributed by atoms with Crippen LogP contribution in [-0.4, -0.2) is 5.11 Å². The zero-order chi connectivity index (χ0) is 16.8. The van der Waals surface area contributed by atoms with E-state index in [9.17, 15) is 5.11 Å². The summed E-state index contributed by atoms with van der Waals surface area (Å²) < 4.78 is 0. The normalized spacial score (nSPS) is 19.2. The first-order valence-corrected chi connectivity index (χ1v) is 8.69.